The first-order valence-corrected chi connectivity index (χ1v) is 4.40. The third-order valence-electron chi connectivity index (χ3n) is 1.67. The highest BCUT2D eigenvalue weighted by Crippen LogP contribution is 2.24. The molecular weight excluding hydrogens is 209 g/mol. The molecule has 0 spiro atoms. The number of hydrogen-bond donors (Lipinski definition) is 0. The summed E-state index contributed by atoms with van der Waals surface area (Å²) < 4.78 is 42.9. The van der Waals surface area contributed by atoms with Gasteiger partial charge in [0.1, 0.15) is 0 Å². The Bertz CT molecular complexity index is 377. The Morgan fingerprint density at radius 3 is 2.47 bits per heavy atom. The number of carbonyl (C=O) groups is 1. The van der Waals surface area contributed by atoms with Crippen molar-refractivity contribution >= 4 is 5.97 Å². The van der Waals surface area contributed by atoms with Crippen molar-refractivity contribution in [3.63, 3.8) is 0 Å². The minimum absolute atomic E-state index is 0.0232. The van der Waals surface area contributed by atoms with Crippen molar-refractivity contribution in [2.24, 2.45) is 0 Å². The van der Waals surface area contributed by atoms with E-state index in [9.17, 15) is 18.0 Å². The van der Waals surface area contributed by atoms with Crippen LogP contribution in [0.15, 0.2) is 12.1 Å². The van der Waals surface area contributed by atoms with Crippen LogP contribution in [-0.4, -0.2) is 5.97 Å². The number of halogens is 3. The summed E-state index contributed by atoms with van der Waals surface area (Å²) in [6, 6.07) is 1.33. The minimum Gasteiger partial charge on any atom is -0.420 e. The van der Waals surface area contributed by atoms with Gasteiger partial charge in [-0.2, -0.15) is 4.39 Å². The highest BCUT2D eigenvalue weighted by Gasteiger charge is 2.17. The second-order valence-electron chi connectivity index (χ2n) is 2.90. The molecule has 5 heteroatoms. The van der Waals surface area contributed by atoms with E-state index in [1.807, 2.05) is 0 Å². The Balaban J connectivity index is 2.93. The molecule has 1 rings (SSSR count). The average molecular weight is 218 g/mol. The fraction of sp³-hybridized carbons (Fsp3) is 0.300. The van der Waals surface area contributed by atoms with Crippen molar-refractivity contribution in [2.45, 2.75) is 19.8 Å². The number of carbonyl (C=O) groups excluding carboxylic acids is 1. The van der Waals surface area contributed by atoms with Gasteiger partial charge in [0.25, 0.3) is 0 Å². The van der Waals surface area contributed by atoms with E-state index in [0.29, 0.717) is 18.6 Å². The van der Waals surface area contributed by atoms with Gasteiger partial charge in [0.05, 0.1) is 0 Å². The fourth-order valence-corrected chi connectivity index (χ4v) is 0.971. The molecule has 82 valence electrons. The third kappa shape index (κ3) is 2.71. The van der Waals surface area contributed by atoms with Crippen LogP contribution in [0.2, 0.25) is 0 Å². The van der Waals surface area contributed by atoms with Crippen LogP contribution in [-0.2, 0) is 4.79 Å². The monoisotopic (exact) mass is 218 g/mol. The summed E-state index contributed by atoms with van der Waals surface area (Å²) in [5.74, 6) is -5.61. The summed E-state index contributed by atoms with van der Waals surface area (Å²) in [6.07, 6.45) is 0.507. The van der Waals surface area contributed by atoms with Gasteiger partial charge in [-0.1, -0.05) is 6.92 Å². The molecule has 0 heterocycles. The molecule has 0 aliphatic heterocycles. The van der Waals surface area contributed by atoms with Gasteiger partial charge in [-0.25, -0.2) is 8.78 Å². The first kappa shape index (κ1) is 11.6. The first-order valence-electron chi connectivity index (χ1n) is 4.40. The average Bonchev–Trinajstić information content (AvgIpc) is 2.19. The first-order chi connectivity index (χ1) is 7.06. The number of esters is 1. The maximum Gasteiger partial charge on any atom is 0.311 e. The van der Waals surface area contributed by atoms with Crippen molar-refractivity contribution in [3.8, 4) is 5.75 Å². The number of benzene rings is 1. The maximum atomic E-state index is 13.0. The lowest BCUT2D eigenvalue weighted by molar-refractivity contribution is -0.134. The molecule has 1 aromatic carbocycles. The van der Waals surface area contributed by atoms with Gasteiger partial charge in [-0.15, -0.1) is 0 Å². The normalized spacial score (nSPS) is 10.1. The summed E-state index contributed by atoms with van der Waals surface area (Å²) in [4.78, 5) is 11.0. The topological polar surface area (TPSA) is 26.3 Å². The fourth-order valence-electron chi connectivity index (χ4n) is 0.971. The molecule has 0 saturated carbocycles. The third-order valence-corrected chi connectivity index (χ3v) is 1.67. The molecule has 0 radical (unpaired) electrons. The van der Waals surface area contributed by atoms with Gasteiger partial charge in [-0.05, 0) is 18.6 Å². The SMILES string of the molecule is CCCC(=O)Oc1c(F)ccc(F)c1F. The van der Waals surface area contributed by atoms with E-state index in [0.717, 1.165) is 0 Å². The molecule has 0 aliphatic rings. The second kappa shape index (κ2) is 4.82. The molecule has 0 unspecified atom stereocenters. The Hall–Kier alpha value is -1.52. The number of hydrogen-bond acceptors (Lipinski definition) is 2. The van der Waals surface area contributed by atoms with E-state index in [1.54, 1.807) is 6.92 Å². The second-order valence-corrected chi connectivity index (χ2v) is 2.90. The molecular formula is C10H9F3O2. The van der Waals surface area contributed by atoms with Crippen LogP contribution in [0.25, 0.3) is 0 Å². The summed E-state index contributed by atoms with van der Waals surface area (Å²) in [6.45, 7) is 1.71. The van der Waals surface area contributed by atoms with E-state index in [4.69, 9.17) is 0 Å². The van der Waals surface area contributed by atoms with E-state index >= 15 is 0 Å². The lowest BCUT2D eigenvalue weighted by atomic mass is 10.3. The van der Waals surface area contributed by atoms with Gasteiger partial charge in [0, 0.05) is 6.42 Å². The van der Waals surface area contributed by atoms with Crippen LogP contribution >= 0.6 is 0 Å². The Kier molecular flexibility index (Phi) is 3.71. The predicted molar refractivity (Wildman–Crippen MR) is 46.9 cm³/mol. The van der Waals surface area contributed by atoms with Crippen LogP contribution in [0.1, 0.15) is 19.8 Å². The molecule has 0 aromatic heterocycles. The Morgan fingerprint density at radius 1 is 1.27 bits per heavy atom. The number of rotatable bonds is 3. The number of ether oxygens (including phenoxy) is 1. The Labute approximate surface area is 84.7 Å². The van der Waals surface area contributed by atoms with Gasteiger partial charge < -0.3 is 4.74 Å². The zero-order chi connectivity index (χ0) is 11.4. The molecule has 0 atom stereocenters. The van der Waals surface area contributed by atoms with Crippen molar-refractivity contribution < 1.29 is 22.7 Å². The van der Waals surface area contributed by atoms with Gasteiger partial charge in [-0.3, -0.25) is 4.79 Å². The van der Waals surface area contributed by atoms with Crippen molar-refractivity contribution in [1.29, 1.82) is 0 Å². The lowest BCUT2D eigenvalue weighted by Gasteiger charge is -2.05. The Morgan fingerprint density at radius 2 is 1.87 bits per heavy atom. The standard InChI is InChI=1S/C10H9F3O2/c1-2-3-8(14)15-10-7(12)5-4-6(11)9(10)13/h4-5H,2-3H2,1H3. The van der Waals surface area contributed by atoms with Crippen LogP contribution in [0.4, 0.5) is 13.2 Å². The summed E-state index contributed by atoms with van der Waals surface area (Å²) in [5, 5.41) is 0. The largest absolute Gasteiger partial charge is 0.420 e. The van der Waals surface area contributed by atoms with Crippen molar-refractivity contribution in [3.05, 3.63) is 29.6 Å². The zero-order valence-electron chi connectivity index (χ0n) is 8.02. The van der Waals surface area contributed by atoms with Crippen molar-refractivity contribution in [1.82, 2.24) is 0 Å². The molecule has 0 saturated heterocycles. The van der Waals surface area contributed by atoms with Crippen LogP contribution < -0.4 is 4.74 Å². The van der Waals surface area contributed by atoms with E-state index in [2.05, 4.69) is 4.74 Å². The smallest absolute Gasteiger partial charge is 0.311 e. The highest BCUT2D eigenvalue weighted by molar-refractivity contribution is 5.72. The van der Waals surface area contributed by atoms with Gasteiger partial charge in [0.15, 0.2) is 11.6 Å². The summed E-state index contributed by atoms with van der Waals surface area (Å²) in [5.41, 5.74) is 0. The lowest BCUT2D eigenvalue weighted by Crippen LogP contribution is -2.10. The van der Waals surface area contributed by atoms with Gasteiger partial charge in [0.2, 0.25) is 11.6 Å². The molecule has 2 nitrogen and oxygen atoms in total. The minimum atomic E-state index is -1.49. The molecule has 15 heavy (non-hydrogen) atoms. The van der Waals surface area contributed by atoms with E-state index in [1.165, 1.54) is 0 Å². The van der Waals surface area contributed by atoms with Crippen molar-refractivity contribution in [2.75, 3.05) is 0 Å². The molecule has 0 fully saturated rings. The highest BCUT2D eigenvalue weighted by atomic mass is 19.2. The van der Waals surface area contributed by atoms with Crippen LogP contribution in [0, 0.1) is 17.5 Å². The van der Waals surface area contributed by atoms with Crippen LogP contribution in [0.5, 0.6) is 5.75 Å². The van der Waals surface area contributed by atoms with Gasteiger partial charge >= 0.3 is 5.97 Å². The summed E-state index contributed by atoms with van der Waals surface area (Å²) in [7, 11) is 0. The quantitative estimate of drug-likeness (QED) is 0.443. The molecule has 1 aromatic rings. The molecule has 0 amide bonds. The molecule has 0 aliphatic carbocycles. The zero-order valence-corrected chi connectivity index (χ0v) is 8.02. The predicted octanol–water partition coefficient (Wildman–Crippen LogP) is 2.81. The molecule has 0 N–H and O–H groups in total. The van der Waals surface area contributed by atoms with E-state index in [-0.39, 0.29) is 6.42 Å². The summed E-state index contributed by atoms with van der Waals surface area (Å²) >= 11 is 0. The molecule has 0 bridgehead atoms. The van der Waals surface area contributed by atoms with Crippen LogP contribution in [0.3, 0.4) is 0 Å². The maximum absolute atomic E-state index is 13.0. The van der Waals surface area contributed by atoms with E-state index < -0.39 is 29.2 Å².